The summed E-state index contributed by atoms with van der Waals surface area (Å²) in [5, 5.41) is 0. The van der Waals surface area contributed by atoms with E-state index < -0.39 is 0 Å². The van der Waals surface area contributed by atoms with Crippen LogP contribution in [0.15, 0.2) is 0 Å². The van der Waals surface area contributed by atoms with Gasteiger partial charge in [0.05, 0.1) is 12.1 Å². The maximum Gasteiger partial charge on any atom is 0.0875 e. The number of nitrogens with zero attached hydrogens (tertiary/aromatic N) is 1. The molecule has 4 heteroatoms. The Kier molecular flexibility index (Phi) is 1.90. The van der Waals surface area contributed by atoms with E-state index >= 15 is 0 Å². The van der Waals surface area contributed by atoms with Crippen LogP contribution in [0.1, 0.15) is 12.8 Å². The predicted octanol–water partition coefficient (Wildman–Crippen LogP) is 0.527. The Labute approximate surface area is 80.7 Å². The van der Waals surface area contributed by atoms with Gasteiger partial charge in [0.15, 0.2) is 0 Å². The molecule has 2 atom stereocenters. The number of hydrogen-bond donors (Lipinski definition) is 1. The highest BCUT2D eigenvalue weighted by Gasteiger charge is 2.59. The van der Waals surface area contributed by atoms with Crippen molar-refractivity contribution in [2.45, 2.75) is 30.5 Å². The number of rotatable bonds is 1. The van der Waals surface area contributed by atoms with Crippen molar-refractivity contribution < 1.29 is 4.74 Å². The number of halogens is 1. The fraction of sp³-hybridized carbons (Fsp3) is 1.00. The molecule has 0 aromatic rings. The number of hydrogen-bond acceptors (Lipinski definition) is 3. The molecule has 0 aromatic carbocycles. The highest BCUT2D eigenvalue weighted by atomic mass is 127. The van der Waals surface area contributed by atoms with Gasteiger partial charge in [-0.3, -0.25) is 0 Å². The number of nitrogens with two attached hydrogens (primary N) is 1. The molecule has 2 N–H and O–H groups in total. The molecule has 1 aliphatic carbocycles. The zero-order valence-corrected chi connectivity index (χ0v) is 8.74. The molecule has 2 rings (SSSR count). The number of ether oxygens (including phenoxy) is 1. The second-order valence-corrected chi connectivity index (χ2v) is 4.61. The van der Waals surface area contributed by atoms with Crippen molar-refractivity contribution in [3.8, 4) is 0 Å². The first kappa shape index (κ1) is 8.22. The van der Waals surface area contributed by atoms with Gasteiger partial charge in [-0.25, -0.2) is 3.11 Å². The van der Waals surface area contributed by atoms with E-state index in [0.717, 1.165) is 6.54 Å². The fourth-order valence-electron chi connectivity index (χ4n) is 1.89. The van der Waals surface area contributed by atoms with Crippen LogP contribution in [0.25, 0.3) is 0 Å². The van der Waals surface area contributed by atoms with Crippen molar-refractivity contribution in [3.63, 3.8) is 0 Å². The molecule has 1 aliphatic heterocycles. The van der Waals surface area contributed by atoms with Crippen LogP contribution in [0.4, 0.5) is 0 Å². The topological polar surface area (TPSA) is 38.5 Å². The first-order chi connectivity index (χ1) is 5.20. The molecule has 0 aromatic heterocycles. The van der Waals surface area contributed by atoms with Crippen LogP contribution in [0.2, 0.25) is 0 Å². The first-order valence-electron chi connectivity index (χ1n) is 3.92. The molecule has 64 valence electrons. The van der Waals surface area contributed by atoms with E-state index in [1.165, 1.54) is 12.8 Å². The second kappa shape index (κ2) is 2.55. The maximum atomic E-state index is 6.05. The van der Waals surface area contributed by atoms with E-state index in [1.807, 2.05) is 0 Å². The third kappa shape index (κ3) is 1.03. The van der Waals surface area contributed by atoms with Crippen LogP contribution in [-0.2, 0) is 4.74 Å². The highest BCUT2D eigenvalue weighted by Crippen LogP contribution is 2.51. The van der Waals surface area contributed by atoms with Crippen molar-refractivity contribution in [2.75, 3.05) is 13.7 Å². The average Bonchev–Trinajstić information content (AvgIpc) is 2.74. The Bertz CT molecular complexity index is 172. The van der Waals surface area contributed by atoms with Crippen molar-refractivity contribution in [2.24, 2.45) is 5.73 Å². The van der Waals surface area contributed by atoms with Gasteiger partial charge in [-0.1, -0.05) is 0 Å². The average molecular weight is 268 g/mol. The molecule has 2 unspecified atom stereocenters. The fourth-order valence-corrected chi connectivity index (χ4v) is 3.08. The van der Waals surface area contributed by atoms with Crippen molar-refractivity contribution in [3.05, 3.63) is 0 Å². The van der Waals surface area contributed by atoms with Crippen LogP contribution in [0, 0.1) is 0 Å². The van der Waals surface area contributed by atoms with Crippen molar-refractivity contribution in [1.82, 2.24) is 3.11 Å². The molecule has 11 heavy (non-hydrogen) atoms. The van der Waals surface area contributed by atoms with Crippen LogP contribution in [0.5, 0.6) is 0 Å². The van der Waals surface area contributed by atoms with Crippen molar-refractivity contribution >= 4 is 22.9 Å². The van der Waals surface area contributed by atoms with E-state index in [1.54, 1.807) is 7.11 Å². The lowest BCUT2D eigenvalue weighted by atomic mass is 10.1. The molecule has 1 spiro atoms. The van der Waals surface area contributed by atoms with Crippen LogP contribution < -0.4 is 5.73 Å². The molecule has 1 saturated carbocycles. The van der Waals surface area contributed by atoms with E-state index in [0.29, 0.717) is 5.54 Å². The van der Waals surface area contributed by atoms with E-state index in [2.05, 4.69) is 26.0 Å². The zero-order chi connectivity index (χ0) is 8.06. The Morgan fingerprint density at radius 3 is 2.55 bits per heavy atom. The smallest absolute Gasteiger partial charge is 0.0875 e. The van der Waals surface area contributed by atoms with Gasteiger partial charge < -0.3 is 10.5 Å². The summed E-state index contributed by atoms with van der Waals surface area (Å²) in [5.41, 5.74) is 6.36. The summed E-state index contributed by atoms with van der Waals surface area (Å²) in [6.07, 6.45) is 2.74. The Hall–Kier alpha value is 0.610. The Morgan fingerprint density at radius 2 is 2.27 bits per heavy atom. The quantitative estimate of drug-likeness (QED) is 0.557. The van der Waals surface area contributed by atoms with Gasteiger partial charge in [-0.15, -0.1) is 0 Å². The molecule has 2 fully saturated rings. The summed E-state index contributed by atoms with van der Waals surface area (Å²) < 4.78 is 7.62. The minimum atomic E-state index is 0.226. The van der Waals surface area contributed by atoms with E-state index in [-0.39, 0.29) is 12.1 Å². The molecular weight excluding hydrogens is 255 g/mol. The summed E-state index contributed by atoms with van der Waals surface area (Å²) in [6, 6.07) is 0.226. The summed E-state index contributed by atoms with van der Waals surface area (Å²) in [5.74, 6) is 0. The normalized spacial score (nSPS) is 41.7. The minimum absolute atomic E-state index is 0.226. The molecule has 0 radical (unpaired) electrons. The lowest BCUT2D eigenvalue weighted by Crippen LogP contribution is -2.42. The van der Waals surface area contributed by atoms with Crippen LogP contribution in [-0.4, -0.2) is 34.5 Å². The third-order valence-corrected chi connectivity index (χ3v) is 4.26. The lowest BCUT2D eigenvalue weighted by molar-refractivity contribution is 0.101. The maximum absolute atomic E-state index is 6.05. The van der Waals surface area contributed by atoms with Crippen LogP contribution >= 0.6 is 22.9 Å². The SMILES string of the molecule is COC1CN(I)C2(CC2)C1N. The van der Waals surface area contributed by atoms with Gasteiger partial charge in [-0.05, 0) is 12.8 Å². The largest absolute Gasteiger partial charge is 0.378 e. The molecule has 1 saturated heterocycles. The van der Waals surface area contributed by atoms with Gasteiger partial charge in [0.1, 0.15) is 0 Å². The Balaban J connectivity index is 2.13. The zero-order valence-electron chi connectivity index (χ0n) is 6.59. The molecule has 3 nitrogen and oxygen atoms in total. The third-order valence-electron chi connectivity index (χ3n) is 2.91. The van der Waals surface area contributed by atoms with E-state index in [4.69, 9.17) is 10.5 Å². The summed E-state index contributed by atoms with van der Waals surface area (Å²) in [7, 11) is 1.75. The monoisotopic (exact) mass is 268 g/mol. The second-order valence-electron chi connectivity index (χ2n) is 3.45. The van der Waals surface area contributed by atoms with Gasteiger partial charge >= 0.3 is 0 Å². The van der Waals surface area contributed by atoms with Gasteiger partial charge in [0, 0.05) is 42.1 Å². The molecule has 0 amide bonds. The summed E-state index contributed by atoms with van der Waals surface area (Å²) >= 11 is 2.36. The summed E-state index contributed by atoms with van der Waals surface area (Å²) in [4.78, 5) is 0. The molecule has 1 heterocycles. The Morgan fingerprint density at radius 1 is 1.64 bits per heavy atom. The van der Waals surface area contributed by atoms with Crippen molar-refractivity contribution in [1.29, 1.82) is 0 Å². The molecule has 0 bridgehead atoms. The molecular formula is C7H13IN2O. The van der Waals surface area contributed by atoms with Gasteiger partial charge in [0.2, 0.25) is 0 Å². The minimum Gasteiger partial charge on any atom is -0.378 e. The standard InChI is InChI=1S/C7H13IN2O/c1-11-5-4-10(8)7(2-3-7)6(5)9/h5-6H,2-4,9H2,1H3. The first-order valence-corrected chi connectivity index (χ1v) is 4.89. The van der Waals surface area contributed by atoms with Gasteiger partial charge in [-0.2, -0.15) is 0 Å². The highest BCUT2D eigenvalue weighted by molar-refractivity contribution is 14.1. The summed E-state index contributed by atoms with van der Waals surface area (Å²) in [6.45, 7) is 0.984. The number of methoxy groups -OCH3 is 1. The van der Waals surface area contributed by atoms with Crippen LogP contribution in [0.3, 0.4) is 0 Å². The predicted molar refractivity (Wildman–Crippen MR) is 51.5 cm³/mol. The molecule has 2 aliphatic rings. The lowest BCUT2D eigenvalue weighted by Gasteiger charge is -2.19. The van der Waals surface area contributed by atoms with E-state index in [9.17, 15) is 0 Å². The van der Waals surface area contributed by atoms with Gasteiger partial charge in [0.25, 0.3) is 0 Å².